The zero-order chi connectivity index (χ0) is 21.5. The van der Waals surface area contributed by atoms with E-state index in [1.807, 2.05) is 12.1 Å². The molecule has 1 aliphatic heterocycles. The van der Waals surface area contributed by atoms with Gasteiger partial charge in [-0.25, -0.2) is 13.2 Å². The summed E-state index contributed by atoms with van der Waals surface area (Å²) in [4.78, 5) is 16.6. The van der Waals surface area contributed by atoms with Crippen molar-refractivity contribution in [3.8, 4) is 0 Å². The average molecular weight is 419 g/mol. The molecule has 0 bridgehead atoms. The molecule has 30 heavy (non-hydrogen) atoms. The first-order valence-electron chi connectivity index (χ1n) is 10.6. The van der Waals surface area contributed by atoms with E-state index >= 15 is 0 Å². The summed E-state index contributed by atoms with van der Waals surface area (Å²) in [5.74, 6) is -1.53. The molecule has 1 aliphatic rings. The van der Waals surface area contributed by atoms with Gasteiger partial charge in [0.1, 0.15) is 5.82 Å². The molecule has 0 N–H and O–H groups in total. The molecular formula is C24H29F3N2O. The summed E-state index contributed by atoms with van der Waals surface area (Å²) in [7, 11) is 1.80. The summed E-state index contributed by atoms with van der Waals surface area (Å²) < 4.78 is 40.1. The van der Waals surface area contributed by atoms with Crippen molar-refractivity contribution in [3.05, 3.63) is 71.0 Å². The molecule has 1 amide bonds. The number of piperidine rings is 1. The number of nitrogens with zero attached hydrogens (tertiary/aromatic N) is 2. The molecule has 0 unspecified atom stereocenters. The maximum Gasteiger partial charge on any atom is 0.222 e. The van der Waals surface area contributed by atoms with Crippen LogP contribution >= 0.6 is 0 Å². The van der Waals surface area contributed by atoms with Gasteiger partial charge in [0, 0.05) is 33.1 Å². The average Bonchev–Trinajstić information content (AvgIpc) is 2.74. The molecule has 6 heteroatoms. The van der Waals surface area contributed by atoms with Crippen LogP contribution in [0.15, 0.2) is 42.5 Å². The lowest BCUT2D eigenvalue weighted by atomic mass is 9.96. The molecule has 0 aliphatic carbocycles. The molecule has 0 spiro atoms. The molecule has 0 radical (unpaired) electrons. The van der Waals surface area contributed by atoms with Crippen LogP contribution in [0.2, 0.25) is 0 Å². The van der Waals surface area contributed by atoms with E-state index in [-0.39, 0.29) is 18.1 Å². The minimum absolute atomic E-state index is 0.00298. The Labute approximate surface area is 176 Å². The maximum absolute atomic E-state index is 13.8. The van der Waals surface area contributed by atoms with Crippen molar-refractivity contribution in [3.63, 3.8) is 0 Å². The minimum Gasteiger partial charge on any atom is -0.345 e. The van der Waals surface area contributed by atoms with Crippen LogP contribution in [0.25, 0.3) is 0 Å². The summed E-state index contributed by atoms with van der Waals surface area (Å²) >= 11 is 0. The van der Waals surface area contributed by atoms with Crippen molar-refractivity contribution in [2.45, 2.75) is 32.1 Å². The monoisotopic (exact) mass is 418 g/mol. The lowest BCUT2D eigenvalue weighted by Crippen LogP contribution is -2.42. The fraction of sp³-hybridized carbons (Fsp3) is 0.458. The van der Waals surface area contributed by atoms with Gasteiger partial charge in [0.05, 0.1) is 0 Å². The largest absolute Gasteiger partial charge is 0.345 e. The van der Waals surface area contributed by atoms with Gasteiger partial charge < -0.3 is 9.80 Å². The number of aryl methyl sites for hydroxylation is 1. The second-order valence-corrected chi connectivity index (χ2v) is 8.17. The summed E-state index contributed by atoms with van der Waals surface area (Å²) in [5, 5.41) is 0. The zero-order valence-corrected chi connectivity index (χ0v) is 17.4. The third-order valence-corrected chi connectivity index (χ3v) is 5.83. The highest BCUT2D eigenvalue weighted by atomic mass is 19.2. The number of amides is 1. The fourth-order valence-electron chi connectivity index (χ4n) is 4.11. The van der Waals surface area contributed by atoms with Crippen molar-refractivity contribution < 1.29 is 18.0 Å². The van der Waals surface area contributed by atoms with Crippen LogP contribution in [-0.2, 0) is 17.6 Å². The van der Waals surface area contributed by atoms with Crippen LogP contribution < -0.4 is 0 Å². The summed E-state index contributed by atoms with van der Waals surface area (Å²) in [6, 6.07) is 10.6. The van der Waals surface area contributed by atoms with E-state index in [4.69, 9.17) is 0 Å². The number of carbonyl (C=O) groups excluding carboxylic acids is 1. The first kappa shape index (κ1) is 22.3. The summed E-state index contributed by atoms with van der Waals surface area (Å²) in [5.41, 5.74) is 1.36. The van der Waals surface area contributed by atoms with Crippen molar-refractivity contribution in [1.82, 2.24) is 9.80 Å². The molecular weight excluding hydrogens is 389 g/mol. The Hall–Kier alpha value is -2.34. The second kappa shape index (κ2) is 10.6. The Morgan fingerprint density at radius 1 is 1.07 bits per heavy atom. The SMILES string of the molecule is CN(C[C@H]1CCCN(CCc2ccccc2F)C1)C(=O)CCc1ccc(F)c(F)c1. The Kier molecular flexibility index (Phi) is 7.91. The van der Waals surface area contributed by atoms with Crippen molar-refractivity contribution >= 4 is 5.91 Å². The highest BCUT2D eigenvalue weighted by Crippen LogP contribution is 2.19. The van der Waals surface area contributed by atoms with Crippen molar-refractivity contribution in [1.29, 1.82) is 0 Å². The van der Waals surface area contributed by atoms with Gasteiger partial charge in [-0.1, -0.05) is 24.3 Å². The molecule has 0 aromatic heterocycles. The number of carbonyl (C=O) groups is 1. The summed E-state index contributed by atoms with van der Waals surface area (Å²) in [6.45, 7) is 3.38. The molecule has 2 aromatic rings. The van der Waals surface area contributed by atoms with Gasteiger partial charge in [-0.2, -0.15) is 0 Å². The number of hydrogen-bond donors (Lipinski definition) is 0. The van der Waals surface area contributed by atoms with E-state index < -0.39 is 11.6 Å². The van der Waals surface area contributed by atoms with E-state index in [1.54, 1.807) is 18.0 Å². The molecule has 162 valence electrons. The number of benzene rings is 2. The van der Waals surface area contributed by atoms with E-state index in [1.165, 1.54) is 12.1 Å². The van der Waals surface area contributed by atoms with Gasteiger partial charge in [-0.3, -0.25) is 4.79 Å². The minimum atomic E-state index is -0.883. The molecule has 0 saturated carbocycles. The van der Waals surface area contributed by atoms with E-state index in [0.29, 0.717) is 30.9 Å². The van der Waals surface area contributed by atoms with Gasteiger partial charge in [-0.05, 0) is 67.5 Å². The van der Waals surface area contributed by atoms with Crippen LogP contribution in [0.5, 0.6) is 0 Å². The molecule has 2 aromatic carbocycles. The first-order chi connectivity index (χ1) is 14.4. The third kappa shape index (κ3) is 6.33. The number of hydrogen-bond acceptors (Lipinski definition) is 2. The van der Waals surface area contributed by atoms with Gasteiger partial charge >= 0.3 is 0 Å². The second-order valence-electron chi connectivity index (χ2n) is 8.17. The van der Waals surface area contributed by atoms with Crippen molar-refractivity contribution in [2.24, 2.45) is 5.92 Å². The zero-order valence-electron chi connectivity index (χ0n) is 17.4. The molecule has 3 rings (SSSR count). The Morgan fingerprint density at radius 3 is 2.63 bits per heavy atom. The van der Waals surface area contributed by atoms with E-state index in [2.05, 4.69) is 4.90 Å². The molecule has 3 nitrogen and oxygen atoms in total. The van der Waals surface area contributed by atoms with Crippen molar-refractivity contribution in [2.75, 3.05) is 33.2 Å². The highest BCUT2D eigenvalue weighted by molar-refractivity contribution is 5.76. The molecule has 1 heterocycles. The van der Waals surface area contributed by atoms with Crippen LogP contribution in [0.1, 0.15) is 30.4 Å². The Bertz CT molecular complexity index is 858. The van der Waals surface area contributed by atoms with Crippen LogP contribution in [-0.4, -0.2) is 48.9 Å². The fourth-order valence-corrected chi connectivity index (χ4v) is 4.11. The number of rotatable bonds is 8. The topological polar surface area (TPSA) is 23.6 Å². The predicted octanol–water partition coefficient (Wildman–Crippen LogP) is 4.45. The Balaban J connectivity index is 1.43. The third-order valence-electron chi connectivity index (χ3n) is 5.83. The van der Waals surface area contributed by atoms with Gasteiger partial charge in [0.25, 0.3) is 0 Å². The quantitative estimate of drug-likeness (QED) is 0.632. The number of halogens is 3. The predicted molar refractivity (Wildman–Crippen MR) is 112 cm³/mol. The normalized spacial score (nSPS) is 17.1. The maximum atomic E-state index is 13.8. The van der Waals surface area contributed by atoms with Crippen LogP contribution in [0.4, 0.5) is 13.2 Å². The highest BCUT2D eigenvalue weighted by Gasteiger charge is 2.22. The van der Waals surface area contributed by atoms with E-state index in [0.717, 1.165) is 50.2 Å². The van der Waals surface area contributed by atoms with Crippen LogP contribution in [0, 0.1) is 23.4 Å². The lowest BCUT2D eigenvalue weighted by molar-refractivity contribution is -0.130. The van der Waals surface area contributed by atoms with Gasteiger partial charge in [0.2, 0.25) is 5.91 Å². The Morgan fingerprint density at radius 2 is 1.87 bits per heavy atom. The van der Waals surface area contributed by atoms with Gasteiger partial charge in [0.15, 0.2) is 11.6 Å². The summed E-state index contributed by atoms with van der Waals surface area (Å²) in [6.07, 6.45) is 3.48. The smallest absolute Gasteiger partial charge is 0.222 e. The first-order valence-corrected chi connectivity index (χ1v) is 10.6. The molecule has 1 atom stereocenters. The molecule has 1 fully saturated rings. The van der Waals surface area contributed by atoms with E-state index in [9.17, 15) is 18.0 Å². The van der Waals surface area contributed by atoms with Gasteiger partial charge in [-0.15, -0.1) is 0 Å². The standard InChI is InChI=1S/C24H29F3N2O/c1-28(24(30)11-9-18-8-10-22(26)23(27)15-18)16-19-5-4-13-29(17-19)14-12-20-6-2-3-7-21(20)25/h2-3,6-8,10,15,19H,4-5,9,11-14,16-17H2,1H3/t19-/m1/s1. The molecule has 1 saturated heterocycles. The van der Waals surface area contributed by atoms with Crippen LogP contribution in [0.3, 0.4) is 0 Å². The lowest BCUT2D eigenvalue weighted by Gasteiger charge is -2.34. The number of likely N-dealkylation sites (tertiary alicyclic amines) is 1.